The number of methoxy groups -OCH3 is 1. The number of carbonyl (C=O) groups excluding carboxylic acids is 2. The van der Waals surface area contributed by atoms with Crippen molar-refractivity contribution in [1.29, 1.82) is 0 Å². The van der Waals surface area contributed by atoms with Crippen LogP contribution in [0.4, 0.5) is 8.78 Å². The quantitative estimate of drug-likeness (QED) is 0.173. The first-order chi connectivity index (χ1) is 22.2. The number of carbonyl (C=O) groups is 2. The molecule has 0 radical (unpaired) electrons. The zero-order chi connectivity index (χ0) is 32.2. The van der Waals surface area contributed by atoms with E-state index in [9.17, 15) is 14.0 Å². The SMILES string of the molecule is CCC(=O)c1c(-c2ccc(F)cc2)oc2ccc(-c3cc(C(=O)NC4(c5ccc6cnccc6n5)CC4)c(OC)cc3C)c(F)c12. The minimum Gasteiger partial charge on any atom is -0.496 e. The van der Waals surface area contributed by atoms with Crippen LogP contribution in [0.1, 0.15) is 58.2 Å². The lowest BCUT2D eigenvalue weighted by Crippen LogP contribution is -2.35. The molecule has 1 N–H and O–H groups in total. The van der Waals surface area contributed by atoms with Crippen molar-refractivity contribution < 1.29 is 27.5 Å². The zero-order valence-corrected chi connectivity index (χ0v) is 25.4. The summed E-state index contributed by atoms with van der Waals surface area (Å²) in [5.41, 5.74) is 3.24. The normalized spacial score (nSPS) is 13.6. The van der Waals surface area contributed by atoms with Crippen LogP contribution in [0.25, 0.3) is 44.3 Å². The Morgan fingerprint density at radius 1 is 1.00 bits per heavy atom. The van der Waals surface area contributed by atoms with Gasteiger partial charge in [0.25, 0.3) is 5.91 Å². The Morgan fingerprint density at radius 3 is 2.50 bits per heavy atom. The number of hydrogen-bond acceptors (Lipinski definition) is 6. The fourth-order valence-corrected chi connectivity index (χ4v) is 6.01. The lowest BCUT2D eigenvalue weighted by atomic mass is 9.93. The standard InChI is InChI=1S/C37H29F2N3O4/c1-4-28(43)32-33-29(46-35(32)21-5-8-23(38)9-6-21)11-10-24(34(33)39)25-18-26(30(45-3)17-20(25)2)36(44)42-37(14-15-37)31-12-7-22-19-40-16-13-27(22)41-31/h5-13,16-19H,4,14-15H2,1-3H3,(H,42,44). The second-order valence-corrected chi connectivity index (χ2v) is 11.6. The monoisotopic (exact) mass is 617 g/mol. The number of ether oxygens (including phenoxy) is 1. The van der Waals surface area contributed by atoms with Crippen molar-refractivity contribution >= 4 is 33.6 Å². The maximum Gasteiger partial charge on any atom is 0.255 e. The third-order valence-electron chi connectivity index (χ3n) is 8.66. The molecule has 0 aliphatic heterocycles. The molecule has 9 heteroatoms. The number of Topliss-reactive ketones (excluding diaryl/α,β-unsaturated/α-hetero) is 1. The highest BCUT2D eigenvalue weighted by atomic mass is 19.1. The molecule has 1 fully saturated rings. The number of rotatable bonds is 8. The molecule has 46 heavy (non-hydrogen) atoms. The lowest BCUT2D eigenvalue weighted by molar-refractivity contribution is 0.0925. The van der Waals surface area contributed by atoms with Crippen molar-refractivity contribution in [2.24, 2.45) is 0 Å². The Hall–Kier alpha value is -5.44. The summed E-state index contributed by atoms with van der Waals surface area (Å²) in [6.07, 6.45) is 4.98. The van der Waals surface area contributed by atoms with E-state index in [1.165, 1.54) is 31.4 Å². The average Bonchev–Trinajstić information content (AvgIpc) is 3.75. The largest absolute Gasteiger partial charge is 0.496 e. The van der Waals surface area contributed by atoms with Crippen molar-refractivity contribution in [3.8, 4) is 28.2 Å². The minimum atomic E-state index is -0.653. The molecule has 0 saturated heterocycles. The number of aryl methyl sites for hydroxylation is 1. The maximum atomic E-state index is 16.6. The fourth-order valence-electron chi connectivity index (χ4n) is 6.01. The summed E-state index contributed by atoms with van der Waals surface area (Å²) in [6.45, 7) is 3.49. The van der Waals surface area contributed by atoms with Crippen molar-refractivity contribution in [1.82, 2.24) is 15.3 Å². The predicted octanol–water partition coefficient (Wildman–Crippen LogP) is 8.32. The van der Waals surface area contributed by atoms with Gasteiger partial charge in [0, 0.05) is 35.3 Å². The number of aromatic nitrogens is 2. The summed E-state index contributed by atoms with van der Waals surface area (Å²) >= 11 is 0. The smallest absolute Gasteiger partial charge is 0.255 e. The molecule has 6 aromatic rings. The molecule has 1 aliphatic carbocycles. The number of furan rings is 1. The molecule has 0 spiro atoms. The molecule has 1 amide bonds. The number of hydrogen-bond donors (Lipinski definition) is 1. The van der Waals surface area contributed by atoms with Gasteiger partial charge in [-0.25, -0.2) is 8.78 Å². The third-order valence-corrected chi connectivity index (χ3v) is 8.66. The summed E-state index contributed by atoms with van der Waals surface area (Å²) in [7, 11) is 1.48. The number of ketones is 1. The van der Waals surface area contributed by atoms with Crippen molar-refractivity contribution in [3.05, 3.63) is 113 Å². The summed E-state index contributed by atoms with van der Waals surface area (Å²) in [5, 5.41) is 4.11. The Labute approximate surface area is 263 Å². The van der Waals surface area contributed by atoms with E-state index in [0.717, 1.165) is 29.4 Å². The first-order valence-electron chi connectivity index (χ1n) is 15.0. The summed E-state index contributed by atoms with van der Waals surface area (Å²) < 4.78 is 41.9. The van der Waals surface area contributed by atoms with E-state index in [0.29, 0.717) is 22.4 Å². The van der Waals surface area contributed by atoms with Gasteiger partial charge in [-0.2, -0.15) is 0 Å². The molecule has 3 heterocycles. The van der Waals surface area contributed by atoms with Gasteiger partial charge in [0.05, 0.1) is 40.4 Å². The van der Waals surface area contributed by atoms with Crippen LogP contribution in [0.5, 0.6) is 5.75 Å². The van der Waals surface area contributed by atoms with Crippen LogP contribution in [0, 0.1) is 18.6 Å². The third kappa shape index (κ3) is 4.88. The molecule has 0 unspecified atom stereocenters. The van der Waals surface area contributed by atoms with Gasteiger partial charge in [-0.3, -0.25) is 19.6 Å². The number of nitrogens with one attached hydrogen (secondary N) is 1. The van der Waals surface area contributed by atoms with E-state index in [1.807, 2.05) is 18.2 Å². The summed E-state index contributed by atoms with van der Waals surface area (Å²) in [5.74, 6) is -1.26. The van der Waals surface area contributed by atoms with E-state index >= 15 is 4.39 Å². The highest BCUT2D eigenvalue weighted by Gasteiger charge is 2.47. The summed E-state index contributed by atoms with van der Waals surface area (Å²) in [4.78, 5) is 36.0. The van der Waals surface area contributed by atoms with Crippen LogP contribution in [0.15, 0.2) is 83.5 Å². The average molecular weight is 618 g/mol. The van der Waals surface area contributed by atoms with Gasteiger partial charge in [0.15, 0.2) is 5.78 Å². The number of nitrogens with zero attached hydrogens (tertiary/aromatic N) is 2. The fraction of sp³-hybridized carbons (Fsp3) is 0.189. The Kier molecular flexibility index (Phi) is 7.11. The Morgan fingerprint density at radius 2 is 1.78 bits per heavy atom. The number of amides is 1. The molecule has 0 atom stereocenters. The first-order valence-corrected chi connectivity index (χ1v) is 15.0. The molecule has 7 rings (SSSR count). The number of benzene rings is 3. The molecule has 0 bridgehead atoms. The molecular formula is C37H29F2N3O4. The minimum absolute atomic E-state index is 0.0411. The number of halogens is 2. The number of pyridine rings is 2. The van der Waals surface area contributed by atoms with Crippen LogP contribution in [-0.2, 0) is 5.54 Å². The van der Waals surface area contributed by atoms with Gasteiger partial charge < -0.3 is 14.5 Å². The summed E-state index contributed by atoms with van der Waals surface area (Å²) in [6, 6.07) is 17.7. The predicted molar refractivity (Wildman–Crippen MR) is 171 cm³/mol. The van der Waals surface area contributed by atoms with E-state index < -0.39 is 17.2 Å². The van der Waals surface area contributed by atoms with Gasteiger partial charge >= 0.3 is 0 Å². The zero-order valence-electron chi connectivity index (χ0n) is 25.4. The van der Waals surface area contributed by atoms with Crippen molar-refractivity contribution in [3.63, 3.8) is 0 Å². The number of fused-ring (bicyclic) bond motifs is 2. The molecule has 3 aromatic heterocycles. The van der Waals surface area contributed by atoms with Gasteiger partial charge in [0.1, 0.15) is 28.7 Å². The Balaban J connectivity index is 1.31. The van der Waals surface area contributed by atoms with Crippen LogP contribution >= 0.6 is 0 Å². The topological polar surface area (TPSA) is 94.3 Å². The van der Waals surface area contributed by atoms with E-state index in [4.69, 9.17) is 14.1 Å². The molecule has 1 saturated carbocycles. The van der Waals surface area contributed by atoms with Gasteiger partial charge in [-0.05, 0) is 97.6 Å². The molecular weight excluding hydrogens is 588 g/mol. The van der Waals surface area contributed by atoms with Crippen LogP contribution in [-0.4, -0.2) is 28.8 Å². The highest BCUT2D eigenvalue weighted by Crippen LogP contribution is 2.46. The van der Waals surface area contributed by atoms with E-state index in [2.05, 4.69) is 10.3 Å². The maximum absolute atomic E-state index is 16.6. The van der Waals surface area contributed by atoms with Crippen LogP contribution in [0.3, 0.4) is 0 Å². The van der Waals surface area contributed by atoms with Gasteiger partial charge in [-0.1, -0.05) is 6.92 Å². The van der Waals surface area contributed by atoms with Crippen molar-refractivity contribution in [2.45, 2.75) is 38.6 Å². The van der Waals surface area contributed by atoms with Crippen LogP contribution in [0.2, 0.25) is 0 Å². The molecule has 7 nitrogen and oxygen atoms in total. The lowest BCUT2D eigenvalue weighted by Gasteiger charge is -2.20. The van der Waals surface area contributed by atoms with E-state index in [1.54, 1.807) is 50.5 Å². The van der Waals surface area contributed by atoms with Gasteiger partial charge in [0.2, 0.25) is 0 Å². The molecule has 3 aromatic carbocycles. The van der Waals surface area contributed by atoms with Gasteiger partial charge in [-0.15, -0.1) is 0 Å². The van der Waals surface area contributed by atoms with Crippen molar-refractivity contribution in [2.75, 3.05) is 7.11 Å². The highest BCUT2D eigenvalue weighted by molar-refractivity contribution is 6.13. The second kappa shape index (κ2) is 11.2. The van der Waals surface area contributed by atoms with E-state index in [-0.39, 0.29) is 51.5 Å². The van der Waals surface area contributed by atoms with Crippen LogP contribution < -0.4 is 10.1 Å². The Bertz CT molecular complexity index is 2190. The molecule has 230 valence electrons. The first kappa shape index (κ1) is 29.3. The second-order valence-electron chi connectivity index (χ2n) is 11.6. The molecule has 1 aliphatic rings.